The topological polar surface area (TPSA) is 24.1 Å². The molecule has 78 valence electrons. The molecular weight excluding hydrogens is 160 g/mol. The second kappa shape index (κ2) is 4.97. The third kappa shape index (κ3) is 3.65. The van der Waals surface area contributed by atoms with Crippen molar-refractivity contribution in [2.24, 2.45) is 5.92 Å². The Bertz CT molecular complexity index is 139. The van der Waals surface area contributed by atoms with Gasteiger partial charge in [0.15, 0.2) is 0 Å². The van der Waals surface area contributed by atoms with Crippen molar-refractivity contribution < 1.29 is 0 Å². The minimum absolute atomic E-state index is 0.363. The van der Waals surface area contributed by atoms with Gasteiger partial charge >= 0.3 is 0 Å². The van der Waals surface area contributed by atoms with E-state index in [4.69, 9.17) is 0 Å². The largest absolute Gasteiger partial charge is 0.315 e. The molecule has 0 aromatic rings. The van der Waals surface area contributed by atoms with Crippen LogP contribution in [0.1, 0.15) is 40.0 Å². The quantitative estimate of drug-likeness (QED) is 0.680. The maximum absolute atomic E-state index is 3.68. The van der Waals surface area contributed by atoms with Gasteiger partial charge in [-0.25, -0.2) is 0 Å². The molecule has 0 amide bonds. The highest BCUT2D eigenvalue weighted by atomic mass is 15.1. The highest BCUT2D eigenvalue weighted by molar-refractivity contribution is 4.91. The maximum atomic E-state index is 3.68. The van der Waals surface area contributed by atoms with Crippen LogP contribution in [0.25, 0.3) is 0 Å². The summed E-state index contributed by atoms with van der Waals surface area (Å²) in [5.74, 6) is 0.822. The third-order valence-corrected chi connectivity index (χ3v) is 3.03. The average molecular weight is 184 g/mol. The summed E-state index contributed by atoms with van der Waals surface area (Å²) in [6, 6.07) is 0. The van der Waals surface area contributed by atoms with Gasteiger partial charge in [-0.3, -0.25) is 0 Å². The summed E-state index contributed by atoms with van der Waals surface area (Å²) in [5, 5.41) is 7.09. The first kappa shape index (κ1) is 11.0. The average Bonchev–Trinajstić information content (AvgIpc) is 2.51. The van der Waals surface area contributed by atoms with E-state index in [1.165, 1.54) is 32.4 Å². The normalized spacial score (nSPS) is 30.7. The number of nitrogens with one attached hydrogen (secondary N) is 2. The van der Waals surface area contributed by atoms with Crippen LogP contribution < -0.4 is 10.6 Å². The van der Waals surface area contributed by atoms with Crippen LogP contribution in [0.15, 0.2) is 0 Å². The predicted molar refractivity (Wildman–Crippen MR) is 58.0 cm³/mol. The van der Waals surface area contributed by atoms with Gasteiger partial charge in [-0.2, -0.15) is 0 Å². The van der Waals surface area contributed by atoms with Crippen molar-refractivity contribution in [3.05, 3.63) is 0 Å². The van der Waals surface area contributed by atoms with Crippen molar-refractivity contribution in [3.8, 4) is 0 Å². The first-order valence-corrected chi connectivity index (χ1v) is 5.62. The van der Waals surface area contributed by atoms with E-state index in [9.17, 15) is 0 Å². The number of hydrogen-bond acceptors (Lipinski definition) is 2. The Morgan fingerprint density at radius 2 is 2.31 bits per heavy atom. The van der Waals surface area contributed by atoms with E-state index in [1.807, 2.05) is 0 Å². The monoisotopic (exact) mass is 184 g/mol. The Labute approximate surface area is 82.5 Å². The van der Waals surface area contributed by atoms with Gasteiger partial charge in [-0.05, 0) is 38.8 Å². The molecule has 1 saturated heterocycles. The van der Waals surface area contributed by atoms with Crippen molar-refractivity contribution in [2.75, 3.05) is 19.6 Å². The molecule has 0 bridgehead atoms. The summed E-state index contributed by atoms with van der Waals surface area (Å²) in [5.41, 5.74) is 0.363. The Morgan fingerprint density at radius 1 is 1.54 bits per heavy atom. The fourth-order valence-electron chi connectivity index (χ4n) is 1.98. The zero-order valence-corrected chi connectivity index (χ0v) is 9.32. The molecule has 13 heavy (non-hydrogen) atoms. The molecule has 1 aliphatic rings. The first-order valence-electron chi connectivity index (χ1n) is 5.62. The van der Waals surface area contributed by atoms with Crippen LogP contribution >= 0.6 is 0 Å². The van der Waals surface area contributed by atoms with Crippen LogP contribution in [-0.4, -0.2) is 25.2 Å². The predicted octanol–water partition coefficient (Wildman–Crippen LogP) is 1.76. The molecule has 0 aromatic heterocycles. The van der Waals surface area contributed by atoms with Gasteiger partial charge in [-0.1, -0.05) is 20.3 Å². The highest BCUT2D eigenvalue weighted by Gasteiger charge is 2.27. The zero-order chi connectivity index (χ0) is 9.73. The Morgan fingerprint density at radius 3 is 2.85 bits per heavy atom. The summed E-state index contributed by atoms with van der Waals surface area (Å²) < 4.78 is 0. The third-order valence-electron chi connectivity index (χ3n) is 3.03. The molecule has 2 unspecified atom stereocenters. The molecule has 0 aliphatic carbocycles. The van der Waals surface area contributed by atoms with Crippen molar-refractivity contribution >= 4 is 0 Å². The lowest BCUT2D eigenvalue weighted by molar-refractivity contribution is 0.346. The Kier molecular flexibility index (Phi) is 4.20. The van der Waals surface area contributed by atoms with Crippen LogP contribution in [0.5, 0.6) is 0 Å². The van der Waals surface area contributed by atoms with E-state index in [-0.39, 0.29) is 0 Å². The van der Waals surface area contributed by atoms with Gasteiger partial charge in [0, 0.05) is 12.1 Å². The molecule has 2 N–H and O–H groups in total. The summed E-state index contributed by atoms with van der Waals surface area (Å²) in [6.45, 7) is 10.4. The summed E-state index contributed by atoms with van der Waals surface area (Å²) >= 11 is 0. The van der Waals surface area contributed by atoms with Crippen LogP contribution in [0.3, 0.4) is 0 Å². The molecule has 0 radical (unpaired) electrons. The zero-order valence-electron chi connectivity index (χ0n) is 9.32. The minimum Gasteiger partial charge on any atom is -0.315 e. The van der Waals surface area contributed by atoms with Crippen LogP contribution in [0.2, 0.25) is 0 Å². The summed E-state index contributed by atoms with van der Waals surface area (Å²) in [7, 11) is 0. The molecule has 2 atom stereocenters. The van der Waals surface area contributed by atoms with Crippen molar-refractivity contribution in [1.82, 2.24) is 10.6 Å². The minimum atomic E-state index is 0.363. The van der Waals surface area contributed by atoms with Crippen LogP contribution in [0, 0.1) is 5.92 Å². The molecule has 2 heteroatoms. The molecule has 1 aliphatic heterocycles. The standard InChI is InChI=1S/C11H24N2/c1-4-5-10(2)8-13-11(3)6-7-12-9-11/h10,12-13H,4-9H2,1-3H3. The molecule has 1 heterocycles. The molecular formula is C11H24N2. The van der Waals surface area contributed by atoms with Crippen molar-refractivity contribution in [2.45, 2.75) is 45.6 Å². The molecule has 0 spiro atoms. The smallest absolute Gasteiger partial charge is 0.0290 e. The van der Waals surface area contributed by atoms with Crippen molar-refractivity contribution in [3.63, 3.8) is 0 Å². The fourth-order valence-corrected chi connectivity index (χ4v) is 1.98. The highest BCUT2D eigenvalue weighted by Crippen LogP contribution is 2.14. The lowest BCUT2D eigenvalue weighted by Crippen LogP contribution is -2.45. The van der Waals surface area contributed by atoms with Gasteiger partial charge in [0.2, 0.25) is 0 Å². The molecule has 0 saturated carbocycles. The molecule has 1 fully saturated rings. The summed E-state index contributed by atoms with van der Waals surface area (Å²) in [6.07, 6.45) is 3.92. The van der Waals surface area contributed by atoms with Gasteiger partial charge < -0.3 is 10.6 Å². The van der Waals surface area contributed by atoms with Gasteiger partial charge in [0.1, 0.15) is 0 Å². The second-order valence-electron chi connectivity index (χ2n) is 4.76. The van der Waals surface area contributed by atoms with E-state index in [2.05, 4.69) is 31.4 Å². The van der Waals surface area contributed by atoms with E-state index in [0.717, 1.165) is 12.5 Å². The Balaban J connectivity index is 2.17. The van der Waals surface area contributed by atoms with Crippen LogP contribution in [0.4, 0.5) is 0 Å². The maximum Gasteiger partial charge on any atom is 0.0290 e. The Hall–Kier alpha value is -0.0800. The number of rotatable bonds is 5. The van der Waals surface area contributed by atoms with E-state index >= 15 is 0 Å². The van der Waals surface area contributed by atoms with Crippen LogP contribution in [-0.2, 0) is 0 Å². The molecule has 2 nitrogen and oxygen atoms in total. The molecule has 0 aromatic carbocycles. The van der Waals surface area contributed by atoms with Gasteiger partial charge in [0.25, 0.3) is 0 Å². The lowest BCUT2D eigenvalue weighted by atomic mass is 9.99. The van der Waals surface area contributed by atoms with Crippen molar-refractivity contribution in [1.29, 1.82) is 0 Å². The summed E-state index contributed by atoms with van der Waals surface area (Å²) in [4.78, 5) is 0. The second-order valence-corrected chi connectivity index (χ2v) is 4.76. The van der Waals surface area contributed by atoms with E-state index < -0.39 is 0 Å². The van der Waals surface area contributed by atoms with Gasteiger partial charge in [-0.15, -0.1) is 0 Å². The SMILES string of the molecule is CCCC(C)CNC1(C)CCNC1. The van der Waals surface area contributed by atoms with Gasteiger partial charge in [0.05, 0.1) is 0 Å². The van der Waals surface area contributed by atoms with E-state index in [0.29, 0.717) is 5.54 Å². The lowest BCUT2D eigenvalue weighted by Gasteiger charge is -2.26. The molecule has 1 rings (SSSR count). The number of hydrogen-bond donors (Lipinski definition) is 2. The fraction of sp³-hybridized carbons (Fsp3) is 1.00. The first-order chi connectivity index (χ1) is 6.16. The van der Waals surface area contributed by atoms with E-state index in [1.54, 1.807) is 0 Å².